The number of rotatable bonds is 5. The van der Waals surface area contributed by atoms with Gasteiger partial charge in [-0.25, -0.2) is 0 Å². The summed E-state index contributed by atoms with van der Waals surface area (Å²) in [6.45, 7) is 1.97. The quantitative estimate of drug-likeness (QED) is 0.669. The number of halogens is 1. The van der Waals surface area contributed by atoms with E-state index in [-0.39, 0.29) is 22.5 Å². The number of hydrogen-bond acceptors (Lipinski definition) is 5. The zero-order valence-corrected chi connectivity index (χ0v) is 12.1. The van der Waals surface area contributed by atoms with Gasteiger partial charge in [0.05, 0.1) is 16.8 Å². The van der Waals surface area contributed by atoms with Gasteiger partial charge in [0.25, 0.3) is 0 Å². The number of hydrogen-bond donors (Lipinski definition) is 1. The van der Waals surface area contributed by atoms with Crippen molar-refractivity contribution in [2.75, 3.05) is 0 Å². The molecular weight excluding hydrogens is 294 g/mol. The first-order valence-corrected chi connectivity index (χ1v) is 6.72. The van der Waals surface area contributed by atoms with Gasteiger partial charge in [-0.15, -0.1) is 0 Å². The van der Waals surface area contributed by atoms with Crippen LogP contribution in [0, 0.1) is 10.1 Å². The highest BCUT2D eigenvalue weighted by molar-refractivity contribution is 6.30. The smallest absolute Gasteiger partial charge is 0.313 e. The molecule has 0 unspecified atom stereocenters. The average Bonchev–Trinajstić information content (AvgIpc) is 2.49. The molecule has 21 heavy (non-hydrogen) atoms. The maximum Gasteiger partial charge on any atom is 0.313 e. The van der Waals surface area contributed by atoms with E-state index < -0.39 is 4.92 Å². The fourth-order valence-electron chi connectivity index (χ4n) is 1.73. The minimum Gasteiger partial charge on any atom is -0.449 e. The van der Waals surface area contributed by atoms with Gasteiger partial charge < -0.3 is 10.5 Å². The number of nitrogens with zero attached hydrogens (tertiary/aromatic N) is 2. The van der Waals surface area contributed by atoms with Gasteiger partial charge >= 0.3 is 5.69 Å². The van der Waals surface area contributed by atoms with Crippen LogP contribution < -0.4 is 10.5 Å². The fourth-order valence-corrected chi connectivity index (χ4v) is 1.89. The maximum absolute atomic E-state index is 11.0. The highest BCUT2D eigenvalue weighted by Crippen LogP contribution is 2.33. The Balaban J connectivity index is 2.24. The van der Waals surface area contributed by atoms with Crippen LogP contribution in [0.2, 0.25) is 5.02 Å². The Hall–Kier alpha value is -2.18. The van der Waals surface area contributed by atoms with Gasteiger partial charge in [-0.2, -0.15) is 0 Å². The van der Waals surface area contributed by atoms with Crippen molar-refractivity contribution in [2.24, 2.45) is 5.73 Å². The Morgan fingerprint density at radius 3 is 2.76 bits per heavy atom. The molecule has 0 radical (unpaired) electrons. The normalized spacial score (nSPS) is 12.0. The van der Waals surface area contributed by atoms with Crippen LogP contribution in [0.1, 0.15) is 25.1 Å². The van der Waals surface area contributed by atoms with Crippen molar-refractivity contribution in [3.05, 3.63) is 57.4 Å². The monoisotopic (exact) mass is 307 g/mol. The van der Waals surface area contributed by atoms with E-state index >= 15 is 0 Å². The van der Waals surface area contributed by atoms with Crippen molar-refractivity contribution in [2.45, 2.75) is 19.4 Å². The summed E-state index contributed by atoms with van der Waals surface area (Å²) in [5.41, 5.74) is 6.42. The van der Waals surface area contributed by atoms with Crippen molar-refractivity contribution in [1.82, 2.24) is 4.98 Å². The van der Waals surface area contributed by atoms with Crippen molar-refractivity contribution in [3.63, 3.8) is 0 Å². The van der Waals surface area contributed by atoms with Gasteiger partial charge in [-0.3, -0.25) is 15.1 Å². The zero-order valence-electron chi connectivity index (χ0n) is 11.3. The molecule has 0 amide bonds. The van der Waals surface area contributed by atoms with Crippen LogP contribution in [0.4, 0.5) is 5.69 Å². The molecule has 0 aliphatic heterocycles. The van der Waals surface area contributed by atoms with Crippen LogP contribution >= 0.6 is 11.6 Å². The molecule has 1 aromatic carbocycles. The molecule has 0 aliphatic rings. The van der Waals surface area contributed by atoms with E-state index in [1.165, 1.54) is 24.4 Å². The number of aromatic nitrogens is 1. The lowest BCUT2D eigenvalue weighted by atomic mass is 10.1. The molecule has 0 fully saturated rings. The van der Waals surface area contributed by atoms with E-state index in [1.807, 2.05) is 6.92 Å². The van der Waals surface area contributed by atoms with Crippen LogP contribution in [0.3, 0.4) is 0 Å². The molecule has 1 atom stereocenters. The van der Waals surface area contributed by atoms with Crippen molar-refractivity contribution in [3.8, 4) is 11.5 Å². The van der Waals surface area contributed by atoms with Crippen LogP contribution in [0.15, 0.2) is 36.5 Å². The molecule has 6 nitrogen and oxygen atoms in total. The van der Waals surface area contributed by atoms with E-state index in [2.05, 4.69) is 4.98 Å². The number of nitro groups is 1. The lowest BCUT2D eigenvalue weighted by Gasteiger charge is -2.10. The summed E-state index contributed by atoms with van der Waals surface area (Å²) in [6.07, 6.45) is 2.26. The van der Waals surface area contributed by atoms with Crippen LogP contribution in [-0.2, 0) is 0 Å². The van der Waals surface area contributed by atoms with Gasteiger partial charge in [0, 0.05) is 17.1 Å². The van der Waals surface area contributed by atoms with E-state index in [9.17, 15) is 10.1 Å². The summed E-state index contributed by atoms with van der Waals surface area (Å²) in [7, 11) is 0. The zero-order chi connectivity index (χ0) is 15.4. The Bertz CT molecular complexity index is 646. The van der Waals surface area contributed by atoms with E-state index in [4.69, 9.17) is 22.1 Å². The third-order valence-corrected chi connectivity index (χ3v) is 3.16. The molecule has 0 saturated carbocycles. The number of benzene rings is 1. The lowest BCUT2D eigenvalue weighted by molar-refractivity contribution is -0.385. The summed E-state index contributed by atoms with van der Waals surface area (Å²) in [5.74, 6) is 0.506. The third kappa shape index (κ3) is 3.68. The SMILES string of the molecule is CC[C@H](N)c1ccc(Oc2ccc(Cl)cc2[N+](=O)[O-])cn1. The van der Waals surface area contributed by atoms with Crippen LogP contribution in [0.5, 0.6) is 11.5 Å². The molecule has 0 saturated heterocycles. The summed E-state index contributed by atoms with van der Waals surface area (Å²) in [6, 6.07) is 7.50. The van der Waals surface area contributed by atoms with Crippen LogP contribution in [0.25, 0.3) is 0 Å². The predicted molar refractivity (Wildman–Crippen MR) is 79.6 cm³/mol. The number of nitrogens with two attached hydrogens (primary N) is 1. The summed E-state index contributed by atoms with van der Waals surface area (Å²) >= 11 is 5.75. The molecule has 0 aliphatic carbocycles. The molecule has 2 N–H and O–H groups in total. The highest BCUT2D eigenvalue weighted by atomic mass is 35.5. The second-order valence-corrected chi connectivity index (χ2v) is 4.84. The minimum atomic E-state index is -0.546. The summed E-state index contributed by atoms with van der Waals surface area (Å²) < 4.78 is 5.49. The fraction of sp³-hybridized carbons (Fsp3) is 0.214. The Kier molecular flexibility index (Phi) is 4.72. The van der Waals surface area contributed by atoms with Crippen molar-refractivity contribution >= 4 is 17.3 Å². The van der Waals surface area contributed by atoms with E-state index in [1.54, 1.807) is 12.1 Å². The minimum absolute atomic E-state index is 0.110. The largest absolute Gasteiger partial charge is 0.449 e. The molecule has 7 heteroatoms. The molecule has 1 heterocycles. The Morgan fingerprint density at radius 1 is 1.43 bits per heavy atom. The van der Waals surface area contributed by atoms with Crippen molar-refractivity contribution in [1.29, 1.82) is 0 Å². The number of nitro benzene ring substituents is 1. The number of ether oxygens (including phenoxy) is 1. The second-order valence-electron chi connectivity index (χ2n) is 4.40. The Morgan fingerprint density at radius 2 is 2.19 bits per heavy atom. The maximum atomic E-state index is 11.0. The van der Waals surface area contributed by atoms with Gasteiger partial charge in [0.1, 0.15) is 5.75 Å². The van der Waals surface area contributed by atoms with Gasteiger partial charge in [0.15, 0.2) is 0 Å². The molecule has 0 bridgehead atoms. The highest BCUT2D eigenvalue weighted by Gasteiger charge is 2.16. The summed E-state index contributed by atoms with van der Waals surface area (Å²) in [4.78, 5) is 14.6. The molecule has 2 aromatic rings. The van der Waals surface area contributed by atoms with Gasteiger partial charge in [-0.1, -0.05) is 18.5 Å². The van der Waals surface area contributed by atoms with Gasteiger partial charge in [-0.05, 0) is 30.7 Å². The van der Waals surface area contributed by atoms with Crippen molar-refractivity contribution < 1.29 is 9.66 Å². The molecule has 110 valence electrons. The number of pyridine rings is 1. The molecule has 0 spiro atoms. The first kappa shape index (κ1) is 15.2. The third-order valence-electron chi connectivity index (χ3n) is 2.92. The first-order chi connectivity index (χ1) is 10.0. The topological polar surface area (TPSA) is 91.3 Å². The Labute approximate surface area is 126 Å². The summed E-state index contributed by atoms with van der Waals surface area (Å²) in [5, 5.41) is 11.3. The van der Waals surface area contributed by atoms with E-state index in [0.29, 0.717) is 5.75 Å². The first-order valence-electron chi connectivity index (χ1n) is 6.34. The van der Waals surface area contributed by atoms with Crippen LogP contribution in [-0.4, -0.2) is 9.91 Å². The van der Waals surface area contributed by atoms with Gasteiger partial charge in [0.2, 0.25) is 5.75 Å². The second kappa shape index (κ2) is 6.51. The predicted octanol–water partition coefficient (Wildman–Crippen LogP) is 3.85. The molecule has 1 aromatic heterocycles. The standard InChI is InChI=1S/C14H14ClN3O3/c1-2-11(16)12-5-4-10(8-17-12)21-14-6-3-9(15)7-13(14)18(19)20/h3-8,11H,2,16H2,1H3/t11-/m0/s1. The average molecular weight is 308 g/mol. The molecule has 2 rings (SSSR count). The molecular formula is C14H14ClN3O3. The lowest BCUT2D eigenvalue weighted by Crippen LogP contribution is -2.10. The van der Waals surface area contributed by atoms with E-state index in [0.717, 1.165) is 12.1 Å².